The van der Waals surface area contributed by atoms with Gasteiger partial charge >= 0.3 is 5.97 Å². The van der Waals surface area contributed by atoms with Gasteiger partial charge in [-0.1, -0.05) is 27.7 Å². The van der Waals surface area contributed by atoms with Gasteiger partial charge in [-0.05, 0) is 38.5 Å². The lowest BCUT2D eigenvalue weighted by molar-refractivity contribution is -0.132. The molecule has 0 saturated heterocycles. The van der Waals surface area contributed by atoms with Crippen LogP contribution < -0.4 is 10.6 Å². The molecule has 2 aliphatic carbocycles. The maximum Gasteiger partial charge on any atom is 0.328 e. The summed E-state index contributed by atoms with van der Waals surface area (Å²) in [7, 11) is 0. The lowest BCUT2D eigenvalue weighted by Gasteiger charge is -2.32. The lowest BCUT2D eigenvalue weighted by atomic mass is 9.73. The van der Waals surface area contributed by atoms with E-state index in [4.69, 9.17) is 5.11 Å². The van der Waals surface area contributed by atoms with Crippen molar-refractivity contribution in [1.82, 2.24) is 15.5 Å². The van der Waals surface area contributed by atoms with Gasteiger partial charge in [-0.25, -0.2) is 4.79 Å². The van der Waals surface area contributed by atoms with Crippen LogP contribution in [0.15, 0.2) is 34.7 Å². The molecule has 2 atom stereocenters. The maximum absolute atomic E-state index is 12.9. The molecule has 0 bridgehead atoms. The standard InChI is InChI=1S/C30H43N3O7/c1-17(31-19(3)27-21(34)11-29(5,6)12-22(27)35)15-33(25(38)9-10-26(39)40)16-18(2)32-20(4)28-23(36)13-30(7,8)14-24(28)37/h9-10,17-18,31-32H,11-16H2,1-8H3,(H,39,40)/b10-9-. The molecule has 0 spiro atoms. The first kappa shape index (κ1) is 32.7. The number of carboxylic acids is 1. The molecular formula is C30H43N3O7. The summed E-state index contributed by atoms with van der Waals surface area (Å²) in [6, 6.07) is -0.777. The Morgan fingerprint density at radius 2 is 1.07 bits per heavy atom. The second-order valence-corrected chi connectivity index (χ2v) is 12.7. The lowest BCUT2D eigenvalue weighted by Crippen LogP contribution is -2.47. The average Bonchev–Trinajstić information content (AvgIpc) is 2.73. The zero-order valence-corrected chi connectivity index (χ0v) is 24.9. The van der Waals surface area contributed by atoms with Crippen molar-refractivity contribution in [2.75, 3.05) is 13.1 Å². The first-order chi connectivity index (χ1) is 18.3. The zero-order chi connectivity index (χ0) is 30.6. The number of ketones is 4. The summed E-state index contributed by atoms with van der Waals surface area (Å²) >= 11 is 0. The molecule has 10 nitrogen and oxygen atoms in total. The number of carbonyl (C=O) groups is 6. The molecule has 0 aromatic heterocycles. The number of Topliss-reactive ketones (excluding diaryl/α,β-unsaturated/α-hetero) is 4. The summed E-state index contributed by atoms with van der Waals surface area (Å²) in [5.41, 5.74) is 0.409. The number of carbonyl (C=O) groups excluding carboxylic acids is 5. The number of hydrogen-bond donors (Lipinski definition) is 3. The van der Waals surface area contributed by atoms with Crippen molar-refractivity contribution in [3.05, 3.63) is 34.7 Å². The fourth-order valence-corrected chi connectivity index (χ4v) is 5.50. The molecule has 0 aliphatic heterocycles. The first-order valence-corrected chi connectivity index (χ1v) is 13.6. The Hall–Kier alpha value is -3.56. The van der Waals surface area contributed by atoms with Crippen LogP contribution in [0, 0.1) is 10.8 Å². The number of nitrogens with zero attached hydrogens (tertiary/aromatic N) is 1. The third-order valence-corrected chi connectivity index (χ3v) is 7.02. The van der Waals surface area contributed by atoms with Gasteiger partial charge in [-0.3, -0.25) is 24.0 Å². The minimum atomic E-state index is -1.26. The summed E-state index contributed by atoms with van der Waals surface area (Å²) in [6.07, 6.45) is 2.80. The molecule has 10 heteroatoms. The van der Waals surface area contributed by atoms with Crippen molar-refractivity contribution in [3.63, 3.8) is 0 Å². The highest BCUT2D eigenvalue weighted by molar-refractivity contribution is 6.23. The smallest absolute Gasteiger partial charge is 0.328 e. The Balaban J connectivity index is 2.20. The highest BCUT2D eigenvalue weighted by atomic mass is 16.4. The van der Waals surface area contributed by atoms with E-state index in [2.05, 4.69) is 10.6 Å². The van der Waals surface area contributed by atoms with E-state index >= 15 is 0 Å². The van der Waals surface area contributed by atoms with E-state index in [0.717, 1.165) is 12.2 Å². The monoisotopic (exact) mass is 557 g/mol. The molecule has 0 aromatic rings. The molecule has 2 rings (SSSR count). The van der Waals surface area contributed by atoms with Crippen LogP contribution in [-0.4, -0.2) is 70.2 Å². The second kappa shape index (κ2) is 12.7. The minimum absolute atomic E-state index is 0.134. The SMILES string of the molecule is CC(NC(C)CN(CC(C)NC(C)=C1C(=O)CC(C)(C)CC1=O)C(=O)/C=C\C(=O)O)=C1C(=O)CC(C)(C)CC1=O. The van der Waals surface area contributed by atoms with Crippen LogP contribution in [0.25, 0.3) is 0 Å². The quantitative estimate of drug-likeness (QED) is 0.272. The fourth-order valence-electron chi connectivity index (χ4n) is 5.50. The molecule has 220 valence electrons. The van der Waals surface area contributed by atoms with Crippen LogP contribution in [-0.2, 0) is 28.8 Å². The average molecular weight is 558 g/mol. The van der Waals surface area contributed by atoms with Gasteiger partial charge in [0.25, 0.3) is 0 Å². The van der Waals surface area contributed by atoms with Crippen molar-refractivity contribution in [2.45, 2.75) is 93.2 Å². The second-order valence-electron chi connectivity index (χ2n) is 12.7. The Bertz CT molecular complexity index is 1070. The Kier molecular flexibility index (Phi) is 10.4. The van der Waals surface area contributed by atoms with E-state index < -0.39 is 11.9 Å². The summed E-state index contributed by atoms with van der Waals surface area (Å²) in [4.78, 5) is 76.1. The van der Waals surface area contributed by atoms with Crippen molar-refractivity contribution in [3.8, 4) is 0 Å². The summed E-state index contributed by atoms with van der Waals surface area (Å²) in [5, 5.41) is 15.3. The molecule has 2 unspecified atom stereocenters. The van der Waals surface area contributed by atoms with E-state index in [1.54, 1.807) is 27.7 Å². The summed E-state index contributed by atoms with van der Waals surface area (Å²) < 4.78 is 0. The van der Waals surface area contributed by atoms with Gasteiger partial charge < -0.3 is 20.6 Å². The van der Waals surface area contributed by atoms with Crippen molar-refractivity contribution in [2.24, 2.45) is 10.8 Å². The van der Waals surface area contributed by atoms with Gasteiger partial charge in [-0.15, -0.1) is 0 Å². The van der Waals surface area contributed by atoms with E-state index in [0.29, 0.717) is 11.4 Å². The molecule has 2 fully saturated rings. The maximum atomic E-state index is 12.9. The van der Waals surface area contributed by atoms with E-state index in [1.165, 1.54) is 4.90 Å². The number of amides is 1. The Morgan fingerprint density at radius 3 is 1.38 bits per heavy atom. The molecule has 2 saturated carbocycles. The minimum Gasteiger partial charge on any atom is -0.478 e. The molecule has 1 amide bonds. The molecule has 2 aliphatic rings. The fraction of sp³-hybridized carbons (Fsp3) is 0.600. The summed E-state index contributed by atoms with van der Waals surface area (Å²) in [5.74, 6) is -2.67. The van der Waals surface area contributed by atoms with Crippen LogP contribution >= 0.6 is 0 Å². The topological polar surface area (TPSA) is 150 Å². The predicted octanol–water partition coefficient (Wildman–Crippen LogP) is 2.88. The number of rotatable bonds is 10. The van der Waals surface area contributed by atoms with Crippen LogP contribution in [0.2, 0.25) is 0 Å². The van der Waals surface area contributed by atoms with Gasteiger partial charge in [0.2, 0.25) is 5.91 Å². The van der Waals surface area contributed by atoms with Crippen molar-refractivity contribution in [1.29, 1.82) is 0 Å². The summed E-state index contributed by atoms with van der Waals surface area (Å²) in [6.45, 7) is 14.7. The van der Waals surface area contributed by atoms with Gasteiger partial charge in [-0.2, -0.15) is 0 Å². The van der Waals surface area contributed by atoms with Gasteiger partial charge in [0, 0.05) is 74.4 Å². The van der Waals surface area contributed by atoms with Gasteiger partial charge in [0.05, 0.1) is 11.1 Å². The molecule has 0 aromatic carbocycles. The molecule has 3 N–H and O–H groups in total. The van der Waals surface area contributed by atoms with Crippen LogP contribution in [0.3, 0.4) is 0 Å². The van der Waals surface area contributed by atoms with Crippen LogP contribution in [0.5, 0.6) is 0 Å². The highest BCUT2D eigenvalue weighted by Gasteiger charge is 2.38. The normalized spacial score (nSPS) is 20.3. The predicted molar refractivity (Wildman–Crippen MR) is 150 cm³/mol. The Morgan fingerprint density at radius 1 is 0.750 bits per heavy atom. The Labute approximate surface area is 236 Å². The number of hydrogen-bond acceptors (Lipinski definition) is 8. The third kappa shape index (κ3) is 8.99. The molecular weight excluding hydrogens is 514 g/mol. The largest absolute Gasteiger partial charge is 0.478 e. The number of carboxylic acid groups (broad SMARTS) is 1. The first-order valence-electron chi connectivity index (χ1n) is 13.6. The molecule has 40 heavy (non-hydrogen) atoms. The number of nitrogens with one attached hydrogen (secondary N) is 2. The zero-order valence-electron chi connectivity index (χ0n) is 24.9. The molecule has 0 heterocycles. The van der Waals surface area contributed by atoms with Crippen LogP contribution in [0.4, 0.5) is 0 Å². The van der Waals surface area contributed by atoms with E-state index in [9.17, 15) is 28.8 Å². The van der Waals surface area contributed by atoms with Crippen molar-refractivity contribution < 1.29 is 33.9 Å². The van der Waals surface area contributed by atoms with Crippen molar-refractivity contribution >= 4 is 35.0 Å². The van der Waals surface area contributed by atoms with E-state index in [1.807, 2.05) is 27.7 Å². The third-order valence-electron chi connectivity index (χ3n) is 7.02. The van der Waals surface area contributed by atoms with E-state index in [-0.39, 0.29) is 96.0 Å². The number of aliphatic carboxylic acids is 1. The van der Waals surface area contributed by atoms with Gasteiger partial charge in [0.1, 0.15) is 0 Å². The number of allylic oxidation sites excluding steroid dienone is 4. The van der Waals surface area contributed by atoms with Crippen LogP contribution in [0.1, 0.15) is 81.1 Å². The molecule has 0 radical (unpaired) electrons. The highest BCUT2D eigenvalue weighted by Crippen LogP contribution is 2.35. The van der Waals surface area contributed by atoms with Gasteiger partial charge in [0.15, 0.2) is 23.1 Å².